The van der Waals surface area contributed by atoms with E-state index < -0.39 is 85.1 Å². The quantitative estimate of drug-likeness (QED) is 0.0530. The van der Waals surface area contributed by atoms with Crippen LogP contribution in [0.2, 0.25) is 0 Å². The van der Waals surface area contributed by atoms with Gasteiger partial charge in [0.1, 0.15) is 19.2 Å². The minimum Gasteiger partial charge on any atom is -0.369 e. The minimum absolute atomic E-state index is 0.0150. The van der Waals surface area contributed by atoms with Crippen molar-refractivity contribution in [2.24, 2.45) is 5.11 Å². The molecule has 6 atom stereocenters. The van der Waals surface area contributed by atoms with Gasteiger partial charge < -0.3 is 40.2 Å². The summed E-state index contributed by atoms with van der Waals surface area (Å²) in [5, 5.41) is 11.2. The van der Waals surface area contributed by atoms with Gasteiger partial charge in [0.05, 0.1) is 54.6 Å². The van der Waals surface area contributed by atoms with Crippen LogP contribution in [0.4, 0.5) is 38.0 Å². The number of hydrogen-bond acceptors (Lipinski definition) is 14. The Morgan fingerprint density at radius 1 is 0.815 bits per heavy atom. The molecule has 4 amide bonds. The third-order valence-electron chi connectivity index (χ3n) is 8.72. The summed E-state index contributed by atoms with van der Waals surface area (Å²) in [6, 6.07) is 0. The van der Waals surface area contributed by atoms with Crippen LogP contribution in [0, 0.1) is 23.7 Å². The second-order valence-electron chi connectivity index (χ2n) is 13.4. The standard InChI is InChI=1S/C19H23F3N4O5S.C18H20F3N7O5/c1-4-13-14(30-10-32-3)8-15(31-13)26-9-12(16(24-11(2)27)25-18(26)29)6-5-7-23-17(28)19(20,21)22;1-3-12-13(32-9-24-27-22)7-14(33-12)28-8-11(15(25-10(2)29)26-17(28)31)5-4-6-23-16(30)18(19,20)21/h9,13-15H,4,7-8,10H2,1-3H3,(H,23,28)(H,24,25,27,29);8,12-14H,3,6-7,9H2,1-2H3,(H,23,30)(H,25,26,29,31). The molecule has 2 aromatic rings. The van der Waals surface area contributed by atoms with Crippen molar-refractivity contribution in [3.63, 3.8) is 0 Å². The van der Waals surface area contributed by atoms with Crippen molar-refractivity contribution in [2.75, 3.05) is 42.6 Å². The second-order valence-corrected chi connectivity index (χ2v) is 14.2. The first kappa shape index (κ1) is 53.2. The lowest BCUT2D eigenvalue weighted by atomic mass is 10.1. The smallest absolute Gasteiger partial charge is 0.369 e. The summed E-state index contributed by atoms with van der Waals surface area (Å²) in [4.78, 5) is 79.9. The van der Waals surface area contributed by atoms with Gasteiger partial charge in [0.2, 0.25) is 11.8 Å². The van der Waals surface area contributed by atoms with Gasteiger partial charge in [0.25, 0.3) is 0 Å². The Morgan fingerprint density at radius 3 is 1.58 bits per heavy atom. The monoisotopic (exact) mass is 947 g/mol. The van der Waals surface area contributed by atoms with E-state index in [9.17, 15) is 55.1 Å². The summed E-state index contributed by atoms with van der Waals surface area (Å²) in [5.41, 5.74) is 7.00. The molecule has 4 heterocycles. The Bertz CT molecular complexity index is 2340. The van der Waals surface area contributed by atoms with Gasteiger partial charge in [-0.3, -0.25) is 28.3 Å². The fraction of sp³-hybridized carbons (Fsp3) is 0.568. The van der Waals surface area contributed by atoms with Gasteiger partial charge in [-0.1, -0.05) is 42.6 Å². The van der Waals surface area contributed by atoms with E-state index in [0.29, 0.717) is 25.2 Å². The van der Waals surface area contributed by atoms with Crippen molar-refractivity contribution >= 4 is 47.0 Å². The van der Waals surface area contributed by atoms with Crippen LogP contribution in [-0.4, -0.2) is 112 Å². The molecule has 65 heavy (non-hydrogen) atoms. The van der Waals surface area contributed by atoms with Crippen LogP contribution in [0.25, 0.3) is 10.4 Å². The van der Waals surface area contributed by atoms with Crippen LogP contribution in [0.3, 0.4) is 0 Å². The van der Waals surface area contributed by atoms with Crippen LogP contribution < -0.4 is 32.6 Å². The van der Waals surface area contributed by atoms with Crippen LogP contribution >= 0.6 is 11.8 Å². The molecule has 4 N–H and O–H groups in total. The number of anilines is 2. The highest BCUT2D eigenvalue weighted by Gasteiger charge is 2.40. The maximum Gasteiger partial charge on any atom is 0.471 e. The number of alkyl halides is 6. The van der Waals surface area contributed by atoms with Gasteiger partial charge in [-0.25, -0.2) is 9.59 Å². The number of nitrogens with zero attached hydrogens (tertiary/aromatic N) is 7. The van der Waals surface area contributed by atoms with Gasteiger partial charge in [0.15, 0.2) is 11.6 Å². The topological polar surface area (TPSA) is 272 Å². The van der Waals surface area contributed by atoms with E-state index in [0.717, 1.165) is 4.57 Å². The third kappa shape index (κ3) is 16.4. The van der Waals surface area contributed by atoms with E-state index in [-0.39, 0.29) is 48.1 Å². The summed E-state index contributed by atoms with van der Waals surface area (Å²) in [6.45, 7) is 4.69. The first-order valence-electron chi connectivity index (χ1n) is 19.2. The molecule has 2 aliphatic heterocycles. The molecule has 28 heteroatoms. The second kappa shape index (κ2) is 24.8. The lowest BCUT2D eigenvalue weighted by Gasteiger charge is -2.16. The number of hydrogen-bond donors (Lipinski definition) is 4. The van der Waals surface area contributed by atoms with E-state index in [1.54, 1.807) is 10.6 Å². The zero-order valence-electron chi connectivity index (χ0n) is 35.2. The molecule has 2 aromatic heterocycles. The highest BCUT2D eigenvalue weighted by atomic mass is 32.2. The number of halogens is 6. The number of rotatable bonds is 14. The zero-order chi connectivity index (χ0) is 48.5. The van der Waals surface area contributed by atoms with Crippen molar-refractivity contribution in [2.45, 2.75) is 103 Å². The summed E-state index contributed by atoms with van der Waals surface area (Å²) in [7, 11) is 0. The predicted molar refractivity (Wildman–Crippen MR) is 217 cm³/mol. The third-order valence-corrected chi connectivity index (χ3v) is 9.10. The Kier molecular flexibility index (Phi) is 20.3. The molecule has 4 rings (SSSR count). The number of carbonyl (C=O) groups excluding carboxylic acids is 4. The first-order valence-corrected chi connectivity index (χ1v) is 20.6. The summed E-state index contributed by atoms with van der Waals surface area (Å²) in [5.74, 6) is 4.46. The number of nitrogens with one attached hydrogen (secondary N) is 4. The van der Waals surface area contributed by atoms with E-state index in [1.807, 2.05) is 20.1 Å². The number of thioether (sulfide) groups is 1. The number of ether oxygens (including phenoxy) is 4. The van der Waals surface area contributed by atoms with Gasteiger partial charge in [0, 0.05) is 44.0 Å². The zero-order valence-corrected chi connectivity index (χ0v) is 36.0. The van der Waals surface area contributed by atoms with Crippen molar-refractivity contribution < 1.29 is 64.5 Å². The molecule has 6 unspecified atom stereocenters. The molecule has 354 valence electrons. The number of azide groups is 1. The van der Waals surface area contributed by atoms with Gasteiger partial charge >= 0.3 is 35.5 Å². The Morgan fingerprint density at radius 2 is 1.23 bits per heavy atom. The van der Waals surface area contributed by atoms with Crippen LogP contribution in [0.5, 0.6) is 0 Å². The Labute approximate surface area is 369 Å². The molecular formula is C37H43F6N11O10S. The van der Waals surface area contributed by atoms with Crippen molar-refractivity contribution in [1.82, 2.24) is 29.7 Å². The number of carbonyl (C=O) groups is 4. The van der Waals surface area contributed by atoms with E-state index in [4.69, 9.17) is 24.5 Å². The largest absolute Gasteiger partial charge is 0.471 e. The predicted octanol–water partition coefficient (Wildman–Crippen LogP) is 3.22. The minimum atomic E-state index is -5.05. The normalized spacial score (nSPS) is 20.0. The first-order chi connectivity index (χ1) is 30.6. The maximum atomic E-state index is 12.6. The van der Waals surface area contributed by atoms with E-state index >= 15 is 0 Å². The number of amides is 4. The fourth-order valence-electron chi connectivity index (χ4n) is 5.91. The molecule has 2 saturated heterocycles. The summed E-state index contributed by atoms with van der Waals surface area (Å²) in [6.07, 6.45) is -6.68. The van der Waals surface area contributed by atoms with Gasteiger partial charge in [-0.15, -0.1) is 11.8 Å². The molecule has 2 aliphatic rings. The van der Waals surface area contributed by atoms with Crippen LogP contribution in [0.15, 0.2) is 27.1 Å². The van der Waals surface area contributed by atoms with Crippen LogP contribution in [0.1, 0.15) is 77.0 Å². The van der Waals surface area contributed by atoms with Crippen molar-refractivity contribution in [1.29, 1.82) is 0 Å². The lowest BCUT2D eigenvalue weighted by molar-refractivity contribution is -0.173. The summed E-state index contributed by atoms with van der Waals surface area (Å²) >= 11 is 1.51. The highest BCUT2D eigenvalue weighted by Crippen LogP contribution is 2.33. The molecule has 0 spiro atoms. The molecule has 0 aliphatic carbocycles. The molecule has 0 saturated carbocycles. The van der Waals surface area contributed by atoms with E-state index in [1.165, 1.54) is 42.6 Å². The Hall–Kier alpha value is -6.16. The molecular weight excluding hydrogens is 905 g/mol. The molecule has 0 aromatic carbocycles. The van der Waals surface area contributed by atoms with E-state index in [2.05, 4.69) is 54.3 Å². The Balaban J connectivity index is 0.000000345. The molecule has 0 radical (unpaired) electrons. The van der Waals surface area contributed by atoms with Crippen molar-refractivity contribution in [3.05, 3.63) is 54.9 Å². The average molecular weight is 948 g/mol. The summed E-state index contributed by atoms with van der Waals surface area (Å²) < 4.78 is 98.9. The SMILES string of the molecule is CCC1OC(n2cc(C#CCNC(=O)C(F)(F)F)c(NC(C)=O)nc2=O)CC1OCN=[N+]=[N-].CCC1OC(n2cc(C#CCNC(=O)C(F)(F)F)c(NC(C)=O)nc2=O)CC1OCSC. The van der Waals surface area contributed by atoms with Gasteiger partial charge in [-0.2, -0.15) is 36.3 Å². The number of aromatic nitrogens is 4. The molecule has 0 bridgehead atoms. The fourth-order valence-corrected chi connectivity index (χ4v) is 6.23. The molecule has 21 nitrogen and oxygen atoms in total. The average Bonchev–Trinajstić information content (AvgIpc) is 3.84. The van der Waals surface area contributed by atoms with Crippen LogP contribution in [-0.2, 0) is 38.1 Å². The molecule has 2 fully saturated rings. The van der Waals surface area contributed by atoms with Gasteiger partial charge in [-0.05, 0) is 24.6 Å². The highest BCUT2D eigenvalue weighted by molar-refractivity contribution is 7.98. The lowest BCUT2D eigenvalue weighted by Crippen LogP contribution is -2.36. The maximum absolute atomic E-state index is 12.6. The van der Waals surface area contributed by atoms with Crippen molar-refractivity contribution in [3.8, 4) is 23.7 Å².